The number of ether oxygens (including phenoxy) is 1. The van der Waals surface area contributed by atoms with Gasteiger partial charge in [0, 0.05) is 25.7 Å². The summed E-state index contributed by atoms with van der Waals surface area (Å²) in [6, 6.07) is 0. The van der Waals surface area contributed by atoms with Gasteiger partial charge in [-0.25, -0.2) is 0 Å². The van der Waals surface area contributed by atoms with Crippen molar-refractivity contribution in [1.29, 1.82) is 0 Å². The van der Waals surface area contributed by atoms with Crippen LogP contribution < -0.4 is 5.73 Å². The van der Waals surface area contributed by atoms with Crippen molar-refractivity contribution in [2.24, 2.45) is 11.1 Å². The summed E-state index contributed by atoms with van der Waals surface area (Å²) in [4.78, 5) is 0. The molecule has 0 saturated carbocycles. The molecule has 0 aromatic heterocycles. The lowest BCUT2D eigenvalue weighted by Gasteiger charge is -2.31. The lowest BCUT2D eigenvalue weighted by Crippen LogP contribution is -2.36. The van der Waals surface area contributed by atoms with E-state index in [9.17, 15) is 5.11 Å². The van der Waals surface area contributed by atoms with Gasteiger partial charge in [-0.2, -0.15) is 0 Å². The molecule has 0 fully saturated rings. The monoisotopic (exact) mass is 175 g/mol. The van der Waals surface area contributed by atoms with E-state index in [0.29, 0.717) is 6.54 Å². The molecule has 0 saturated heterocycles. The van der Waals surface area contributed by atoms with E-state index in [2.05, 4.69) is 0 Å². The number of hydrogen-bond acceptors (Lipinski definition) is 3. The molecule has 74 valence electrons. The molecule has 2 unspecified atom stereocenters. The molecular weight excluding hydrogens is 154 g/mol. The van der Waals surface area contributed by atoms with Crippen LogP contribution in [0.3, 0.4) is 0 Å². The van der Waals surface area contributed by atoms with Crippen molar-refractivity contribution >= 4 is 0 Å². The van der Waals surface area contributed by atoms with Crippen LogP contribution in [0.4, 0.5) is 0 Å². The van der Waals surface area contributed by atoms with Crippen molar-refractivity contribution in [3.05, 3.63) is 0 Å². The maximum absolute atomic E-state index is 9.19. The van der Waals surface area contributed by atoms with Crippen molar-refractivity contribution in [3.8, 4) is 0 Å². The molecule has 0 rings (SSSR count). The molecule has 0 spiro atoms. The number of aliphatic hydroxyl groups is 1. The lowest BCUT2D eigenvalue weighted by atomic mass is 9.81. The highest BCUT2D eigenvalue weighted by molar-refractivity contribution is 4.80. The second kappa shape index (κ2) is 5.51. The second-order valence-corrected chi connectivity index (χ2v) is 3.47. The lowest BCUT2D eigenvalue weighted by molar-refractivity contribution is 0.0339. The Morgan fingerprint density at radius 2 is 2.17 bits per heavy atom. The van der Waals surface area contributed by atoms with Crippen LogP contribution in [0.5, 0.6) is 0 Å². The Hall–Kier alpha value is -0.120. The number of aliphatic hydroxyl groups excluding tert-OH is 1. The molecule has 3 heteroatoms. The van der Waals surface area contributed by atoms with Crippen molar-refractivity contribution in [2.45, 2.75) is 32.8 Å². The third-order valence-electron chi connectivity index (χ3n) is 2.64. The molecule has 0 amide bonds. The van der Waals surface area contributed by atoms with Gasteiger partial charge in [-0.05, 0) is 19.8 Å². The van der Waals surface area contributed by atoms with E-state index in [-0.39, 0.29) is 18.1 Å². The summed E-state index contributed by atoms with van der Waals surface area (Å²) in [7, 11) is 1.68. The van der Waals surface area contributed by atoms with E-state index < -0.39 is 0 Å². The van der Waals surface area contributed by atoms with Gasteiger partial charge in [0.05, 0.1) is 6.10 Å². The summed E-state index contributed by atoms with van der Waals surface area (Å²) in [5, 5.41) is 9.19. The highest BCUT2D eigenvalue weighted by atomic mass is 16.5. The fourth-order valence-electron chi connectivity index (χ4n) is 1.31. The summed E-state index contributed by atoms with van der Waals surface area (Å²) < 4.78 is 5.14. The average Bonchev–Trinajstić information content (AvgIpc) is 2.14. The van der Waals surface area contributed by atoms with Gasteiger partial charge in [-0.1, -0.05) is 6.92 Å². The normalized spacial score (nSPS) is 18.8. The van der Waals surface area contributed by atoms with Gasteiger partial charge in [0.25, 0.3) is 0 Å². The number of methoxy groups -OCH3 is 1. The van der Waals surface area contributed by atoms with Gasteiger partial charge in [0.15, 0.2) is 0 Å². The molecule has 3 N–H and O–H groups in total. The molecule has 0 aromatic rings. The molecule has 2 atom stereocenters. The number of hydrogen-bond donors (Lipinski definition) is 2. The Morgan fingerprint density at radius 3 is 2.42 bits per heavy atom. The Balaban J connectivity index is 4.09. The van der Waals surface area contributed by atoms with Crippen molar-refractivity contribution in [2.75, 3.05) is 20.3 Å². The fourth-order valence-corrected chi connectivity index (χ4v) is 1.31. The Morgan fingerprint density at radius 1 is 1.58 bits per heavy atom. The smallest absolute Gasteiger partial charge is 0.0549 e. The Kier molecular flexibility index (Phi) is 5.46. The molecule has 0 aromatic carbocycles. The standard InChI is InChI=1S/C9H21NO2/c1-4-9(6-10,7-11)5-8(2)12-3/h8,11H,4-7,10H2,1-3H3. The molecule has 0 bridgehead atoms. The van der Waals surface area contributed by atoms with Crippen LogP contribution in [-0.2, 0) is 4.74 Å². The van der Waals surface area contributed by atoms with Crippen molar-refractivity contribution in [1.82, 2.24) is 0 Å². The van der Waals surface area contributed by atoms with E-state index in [1.165, 1.54) is 0 Å². The number of rotatable bonds is 6. The predicted molar refractivity (Wildman–Crippen MR) is 50.0 cm³/mol. The highest BCUT2D eigenvalue weighted by Crippen LogP contribution is 2.26. The zero-order valence-corrected chi connectivity index (χ0v) is 8.34. The molecule has 3 nitrogen and oxygen atoms in total. The molecular formula is C9H21NO2. The van der Waals surface area contributed by atoms with Crippen LogP contribution >= 0.6 is 0 Å². The van der Waals surface area contributed by atoms with Crippen molar-refractivity contribution < 1.29 is 9.84 Å². The van der Waals surface area contributed by atoms with Gasteiger partial charge in [0.1, 0.15) is 0 Å². The SMILES string of the molecule is CCC(CN)(CO)CC(C)OC. The minimum absolute atomic E-state index is 0.143. The van der Waals surface area contributed by atoms with E-state index in [1.807, 2.05) is 13.8 Å². The van der Waals surface area contributed by atoms with Crippen LogP contribution in [0.25, 0.3) is 0 Å². The van der Waals surface area contributed by atoms with Crippen LogP contribution in [0.1, 0.15) is 26.7 Å². The minimum Gasteiger partial charge on any atom is -0.396 e. The predicted octanol–water partition coefficient (Wildman–Crippen LogP) is 0.759. The van der Waals surface area contributed by atoms with Crippen molar-refractivity contribution in [3.63, 3.8) is 0 Å². The molecule has 0 aliphatic carbocycles. The van der Waals surface area contributed by atoms with Gasteiger partial charge in [-0.15, -0.1) is 0 Å². The highest BCUT2D eigenvalue weighted by Gasteiger charge is 2.27. The van der Waals surface area contributed by atoms with Gasteiger partial charge in [-0.3, -0.25) is 0 Å². The maximum atomic E-state index is 9.19. The van der Waals surface area contributed by atoms with Gasteiger partial charge in [0.2, 0.25) is 0 Å². The van der Waals surface area contributed by atoms with E-state index in [1.54, 1.807) is 7.11 Å². The third kappa shape index (κ3) is 3.09. The molecule has 0 heterocycles. The average molecular weight is 175 g/mol. The van der Waals surface area contributed by atoms with Crippen LogP contribution in [-0.4, -0.2) is 31.5 Å². The first kappa shape index (κ1) is 11.9. The first-order valence-electron chi connectivity index (χ1n) is 4.48. The summed E-state index contributed by atoms with van der Waals surface area (Å²) in [5.74, 6) is 0. The summed E-state index contributed by atoms with van der Waals surface area (Å²) in [6.07, 6.45) is 1.89. The third-order valence-corrected chi connectivity index (χ3v) is 2.64. The summed E-state index contributed by atoms with van der Waals surface area (Å²) in [5.41, 5.74) is 5.47. The Labute approximate surface area is 74.9 Å². The maximum Gasteiger partial charge on any atom is 0.0549 e. The quantitative estimate of drug-likeness (QED) is 0.626. The second-order valence-electron chi connectivity index (χ2n) is 3.47. The van der Waals surface area contributed by atoms with E-state index >= 15 is 0 Å². The van der Waals surface area contributed by atoms with Crippen LogP contribution in [0.2, 0.25) is 0 Å². The molecule has 0 radical (unpaired) electrons. The van der Waals surface area contributed by atoms with E-state index in [4.69, 9.17) is 10.5 Å². The minimum atomic E-state index is -0.143. The molecule has 0 aliphatic rings. The summed E-state index contributed by atoms with van der Waals surface area (Å²) >= 11 is 0. The molecule has 12 heavy (non-hydrogen) atoms. The first-order valence-corrected chi connectivity index (χ1v) is 4.48. The zero-order chi connectivity index (χ0) is 9.61. The molecule has 0 aliphatic heterocycles. The van der Waals surface area contributed by atoms with Crippen LogP contribution in [0.15, 0.2) is 0 Å². The summed E-state index contributed by atoms with van der Waals surface area (Å²) in [6.45, 7) is 4.71. The largest absolute Gasteiger partial charge is 0.396 e. The Bertz CT molecular complexity index is 105. The topological polar surface area (TPSA) is 55.5 Å². The van der Waals surface area contributed by atoms with Gasteiger partial charge < -0.3 is 15.6 Å². The zero-order valence-electron chi connectivity index (χ0n) is 8.34. The van der Waals surface area contributed by atoms with E-state index in [0.717, 1.165) is 12.8 Å². The fraction of sp³-hybridized carbons (Fsp3) is 1.00. The first-order chi connectivity index (χ1) is 5.64. The van der Waals surface area contributed by atoms with Gasteiger partial charge >= 0.3 is 0 Å². The van der Waals surface area contributed by atoms with Crippen LogP contribution in [0, 0.1) is 5.41 Å². The number of nitrogens with two attached hydrogens (primary N) is 1.